The summed E-state index contributed by atoms with van der Waals surface area (Å²) in [5.41, 5.74) is -1.39. The minimum atomic E-state index is -1.01. The molecule has 0 spiro atoms. The Labute approximate surface area is 140 Å². The number of benzene rings is 1. The van der Waals surface area contributed by atoms with E-state index in [1.54, 1.807) is 41.5 Å². The molecule has 1 aromatic carbocycles. The molecule has 5 heteroatoms. The van der Waals surface area contributed by atoms with Crippen LogP contribution in [0.4, 0.5) is 0 Å². The van der Waals surface area contributed by atoms with Crippen molar-refractivity contribution in [2.45, 2.75) is 41.5 Å². The summed E-state index contributed by atoms with van der Waals surface area (Å²) in [6, 6.07) is 10.2. The fraction of sp³-hybridized carbons (Fsp3) is 0.500. The molecule has 0 aliphatic rings. The molecule has 0 aliphatic heterocycles. The number of carbonyl (C=O) groups is 2. The van der Waals surface area contributed by atoms with Crippen LogP contribution in [-0.4, -0.2) is 11.9 Å². The van der Waals surface area contributed by atoms with Crippen molar-refractivity contribution in [3.05, 3.63) is 33.9 Å². The van der Waals surface area contributed by atoms with Gasteiger partial charge in [-0.1, -0.05) is 18.2 Å². The lowest BCUT2D eigenvalue weighted by molar-refractivity contribution is -0.153. The van der Waals surface area contributed by atoms with Gasteiger partial charge >= 0.3 is 11.9 Å². The zero-order valence-electron chi connectivity index (χ0n) is 13.4. The van der Waals surface area contributed by atoms with Crippen molar-refractivity contribution in [3.8, 4) is 0 Å². The Balaban J connectivity index is 0. The Bertz CT molecular complexity index is 404. The molecular formula is C16H23IO4. The van der Waals surface area contributed by atoms with Crippen LogP contribution in [0.2, 0.25) is 0 Å². The number of halogens is 1. The highest BCUT2D eigenvalue weighted by atomic mass is 127. The Morgan fingerprint density at radius 3 is 1.10 bits per heavy atom. The minimum absolute atomic E-state index is 0.694. The van der Waals surface area contributed by atoms with Gasteiger partial charge in [-0.05, 0) is 76.3 Å². The van der Waals surface area contributed by atoms with Crippen LogP contribution in [0, 0.1) is 14.4 Å². The highest BCUT2D eigenvalue weighted by molar-refractivity contribution is 14.1. The van der Waals surface area contributed by atoms with E-state index in [4.69, 9.17) is 0 Å². The van der Waals surface area contributed by atoms with Gasteiger partial charge in [0.1, 0.15) is 0 Å². The number of rotatable bonds is 0. The molecule has 118 valence electrons. The average Bonchev–Trinajstić information content (AvgIpc) is 2.28. The molecule has 0 bridgehead atoms. The summed E-state index contributed by atoms with van der Waals surface area (Å²) >= 11 is 2.28. The van der Waals surface area contributed by atoms with E-state index in [9.17, 15) is 19.8 Å². The van der Waals surface area contributed by atoms with E-state index in [0.29, 0.717) is 0 Å². The molecular weight excluding hydrogens is 383 g/mol. The fourth-order valence-corrected chi connectivity index (χ4v) is 0.830. The van der Waals surface area contributed by atoms with Crippen molar-refractivity contribution in [1.82, 2.24) is 0 Å². The van der Waals surface area contributed by atoms with Crippen LogP contribution in [0.1, 0.15) is 41.5 Å². The maximum Gasteiger partial charge on any atom is 0.360 e. The molecule has 0 saturated carbocycles. The zero-order valence-corrected chi connectivity index (χ0v) is 15.6. The van der Waals surface area contributed by atoms with Gasteiger partial charge in [0.15, 0.2) is 0 Å². The van der Waals surface area contributed by atoms with Gasteiger partial charge in [-0.25, -0.2) is 19.8 Å². The third-order valence-electron chi connectivity index (χ3n) is 1.96. The second-order valence-corrected chi connectivity index (χ2v) is 7.62. The van der Waals surface area contributed by atoms with Crippen LogP contribution in [0.15, 0.2) is 30.3 Å². The van der Waals surface area contributed by atoms with Crippen LogP contribution < -0.4 is 0 Å². The topological polar surface area (TPSA) is 73.9 Å². The third kappa shape index (κ3) is 15.1. The highest BCUT2D eigenvalue weighted by Gasteiger charge is 2.21. The summed E-state index contributed by atoms with van der Waals surface area (Å²) in [5, 5.41) is 19.8. The van der Waals surface area contributed by atoms with E-state index >= 15 is 0 Å². The zero-order chi connectivity index (χ0) is 17.3. The van der Waals surface area contributed by atoms with Crippen molar-refractivity contribution in [2.75, 3.05) is 0 Å². The van der Waals surface area contributed by atoms with Crippen LogP contribution in [0.5, 0.6) is 0 Å². The molecule has 0 N–H and O–H groups in total. The lowest BCUT2D eigenvalue weighted by atomic mass is 9.98. The van der Waals surface area contributed by atoms with E-state index in [0.717, 1.165) is 0 Å². The molecule has 2 radical (unpaired) electrons. The normalized spacial score (nSPS) is 10.4. The van der Waals surface area contributed by atoms with E-state index in [-0.39, 0.29) is 0 Å². The molecule has 0 aromatic heterocycles. The summed E-state index contributed by atoms with van der Waals surface area (Å²) in [5.74, 6) is -2.01. The van der Waals surface area contributed by atoms with Crippen molar-refractivity contribution in [1.29, 1.82) is 0 Å². The molecule has 0 aliphatic carbocycles. The van der Waals surface area contributed by atoms with E-state index in [1.807, 2.05) is 18.2 Å². The van der Waals surface area contributed by atoms with Gasteiger partial charge in [0.2, 0.25) is 0 Å². The second-order valence-electron chi connectivity index (χ2n) is 6.37. The van der Waals surface area contributed by atoms with E-state index in [2.05, 4.69) is 34.7 Å². The first-order chi connectivity index (χ1) is 9.28. The fourth-order valence-electron chi connectivity index (χ4n) is 0.415. The van der Waals surface area contributed by atoms with Gasteiger partial charge in [-0.3, -0.25) is 0 Å². The molecule has 1 rings (SSSR count). The maximum atomic E-state index is 9.91. The molecule has 21 heavy (non-hydrogen) atoms. The van der Waals surface area contributed by atoms with Crippen molar-refractivity contribution in [2.24, 2.45) is 10.8 Å². The first kappa shape index (κ1) is 22.2. The standard InChI is InChI=1S/C6H5I.2C5H9O2/c7-6-4-2-1-3-5-6;2*1-5(2,3)4(6)7/h1-5H;2*1-3H3. The van der Waals surface area contributed by atoms with Gasteiger partial charge in [0.25, 0.3) is 0 Å². The van der Waals surface area contributed by atoms with Gasteiger partial charge < -0.3 is 0 Å². The van der Waals surface area contributed by atoms with Crippen LogP contribution in [0.25, 0.3) is 0 Å². The monoisotopic (exact) mass is 406 g/mol. The predicted octanol–water partition coefficient (Wildman–Crippen LogP) is 4.27. The molecule has 0 fully saturated rings. The summed E-state index contributed by atoms with van der Waals surface area (Å²) in [6.45, 7) is 9.60. The smallest absolute Gasteiger partial charge is 0.247 e. The van der Waals surface area contributed by atoms with Crippen LogP contribution in [-0.2, 0) is 19.8 Å². The molecule has 4 nitrogen and oxygen atoms in total. The Morgan fingerprint density at radius 1 is 0.762 bits per heavy atom. The second kappa shape index (κ2) is 9.76. The van der Waals surface area contributed by atoms with Gasteiger partial charge in [0, 0.05) is 3.57 Å². The summed E-state index contributed by atoms with van der Waals surface area (Å²) in [7, 11) is 0. The van der Waals surface area contributed by atoms with E-state index in [1.165, 1.54) is 3.57 Å². The SMILES string of the molecule is CC(C)(C)C([O])=O.CC(C)(C)C([O])=O.Ic1ccccc1. The van der Waals surface area contributed by atoms with Crippen LogP contribution in [0.3, 0.4) is 0 Å². The van der Waals surface area contributed by atoms with Gasteiger partial charge in [0.05, 0.1) is 10.8 Å². The Morgan fingerprint density at radius 2 is 1.00 bits per heavy atom. The third-order valence-corrected chi connectivity index (χ3v) is 2.68. The van der Waals surface area contributed by atoms with Crippen LogP contribution >= 0.6 is 22.6 Å². The highest BCUT2D eigenvalue weighted by Crippen LogP contribution is 2.12. The average molecular weight is 406 g/mol. The lowest BCUT2D eigenvalue weighted by Gasteiger charge is -2.06. The molecule has 1 aromatic rings. The molecule has 0 atom stereocenters. The van der Waals surface area contributed by atoms with Gasteiger partial charge in [-0.15, -0.1) is 0 Å². The number of carbonyl (C=O) groups excluding carboxylic acids is 2. The van der Waals surface area contributed by atoms with E-state index < -0.39 is 22.8 Å². The Kier molecular flexibility index (Phi) is 10.3. The summed E-state index contributed by atoms with van der Waals surface area (Å²) in [4.78, 5) is 19.8. The molecule has 0 unspecified atom stereocenters. The minimum Gasteiger partial charge on any atom is -0.247 e. The van der Waals surface area contributed by atoms with Crippen molar-refractivity contribution < 1.29 is 19.8 Å². The maximum absolute atomic E-state index is 9.91. The van der Waals surface area contributed by atoms with Crippen molar-refractivity contribution in [3.63, 3.8) is 0 Å². The number of hydrogen-bond acceptors (Lipinski definition) is 2. The molecule has 0 amide bonds. The predicted molar refractivity (Wildman–Crippen MR) is 89.5 cm³/mol. The first-order valence-electron chi connectivity index (χ1n) is 6.42. The molecule has 0 saturated heterocycles. The lowest BCUT2D eigenvalue weighted by Crippen LogP contribution is -2.17. The largest absolute Gasteiger partial charge is 0.360 e. The summed E-state index contributed by atoms with van der Waals surface area (Å²) < 4.78 is 1.29. The van der Waals surface area contributed by atoms with Crippen molar-refractivity contribution >= 4 is 34.5 Å². The summed E-state index contributed by atoms with van der Waals surface area (Å²) in [6.07, 6.45) is 0. The molecule has 0 heterocycles. The van der Waals surface area contributed by atoms with Gasteiger partial charge in [-0.2, -0.15) is 0 Å². The Hall–Kier alpha value is -1.11. The first-order valence-corrected chi connectivity index (χ1v) is 7.49. The quantitative estimate of drug-likeness (QED) is 0.604. The number of hydrogen-bond donors (Lipinski definition) is 0.